The summed E-state index contributed by atoms with van der Waals surface area (Å²) in [6, 6.07) is 18.7. The lowest BCUT2D eigenvalue weighted by Gasteiger charge is -2.11. The van der Waals surface area contributed by atoms with Crippen molar-refractivity contribution in [3.63, 3.8) is 0 Å². The molecule has 0 aliphatic rings. The number of aromatic amines is 2. The lowest BCUT2D eigenvalue weighted by molar-refractivity contribution is 1.01. The second-order valence-corrected chi connectivity index (χ2v) is 10.3. The van der Waals surface area contributed by atoms with Gasteiger partial charge in [0.15, 0.2) is 0 Å². The van der Waals surface area contributed by atoms with E-state index in [2.05, 4.69) is 61.1 Å². The summed E-state index contributed by atoms with van der Waals surface area (Å²) in [7, 11) is 0. The Kier molecular flexibility index (Phi) is 11.9. The van der Waals surface area contributed by atoms with Gasteiger partial charge in [0.2, 0.25) is 0 Å². The van der Waals surface area contributed by atoms with Crippen molar-refractivity contribution < 1.29 is 0 Å². The van der Waals surface area contributed by atoms with E-state index in [0.717, 1.165) is 16.6 Å². The minimum absolute atomic E-state index is 0.260. The van der Waals surface area contributed by atoms with Gasteiger partial charge in [-0.15, -0.1) is 0 Å². The van der Waals surface area contributed by atoms with Crippen molar-refractivity contribution in [1.82, 2.24) is 39.9 Å². The Morgan fingerprint density at radius 2 is 1.22 bits per heavy atom. The largest absolute Gasteiger partial charge is 0.369 e. The molecule has 6 aromatic heterocycles. The predicted octanol–water partition coefficient (Wildman–Crippen LogP) is 3.83. The fourth-order valence-electron chi connectivity index (χ4n) is 4.78. The zero-order chi connectivity index (χ0) is 35.3. The molecule has 0 bridgehead atoms. The van der Waals surface area contributed by atoms with Gasteiger partial charge in [0.1, 0.15) is 39.9 Å². The topological polar surface area (TPSA) is 243 Å². The van der Waals surface area contributed by atoms with Crippen LogP contribution in [0.15, 0.2) is 95.3 Å². The highest BCUT2D eigenvalue weighted by Gasteiger charge is 2.13. The van der Waals surface area contributed by atoms with Crippen LogP contribution in [0.4, 0.5) is 34.8 Å². The van der Waals surface area contributed by atoms with Crippen LogP contribution in [0.5, 0.6) is 0 Å². The highest BCUT2D eigenvalue weighted by atomic mass is 16.1. The zero-order valence-electron chi connectivity index (χ0n) is 27.6. The number of nitrogens with zero attached hydrogens (tertiary/aromatic N) is 6. The molecule has 7 aromatic rings. The summed E-state index contributed by atoms with van der Waals surface area (Å²) in [5, 5.41) is 14.2. The van der Waals surface area contributed by atoms with E-state index >= 15 is 0 Å². The van der Waals surface area contributed by atoms with E-state index in [1.54, 1.807) is 30.6 Å². The van der Waals surface area contributed by atoms with E-state index in [0.29, 0.717) is 77.1 Å². The number of pyridine rings is 4. The number of rotatable bonds is 10. The molecular weight excluding hydrogens is 636 g/mol. The molecule has 0 unspecified atom stereocenters. The monoisotopic (exact) mass is 674 g/mol. The van der Waals surface area contributed by atoms with Crippen molar-refractivity contribution >= 4 is 67.5 Å². The SMILES string of the molecule is CC.NCCNc1cc2nc[nH]c(=O)c2c(Nc2ccccn2)n1.NCCNc1cc2nc[nH]c(=O)c2c(Nc2cnc3ccccc3c2)n1. The Labute approximate surface area is 286 Å². The summed E-state index contributed by atoms with van der Waals surface area (Å²) in [6.45, 7) is 6.09. The van der Waals surface area contributed by atoms with Crippen LogP contribution in [0.2, 0.25) is 0 Å². The zero-order valence-corrected chi connectivity index (χ0v) is 27.6. The van der Waals surface area contributed by atoms with Gasteiger partial charge >= 0.3 is 0 Å². The molecule has 0 amide bonds. The van der Waals surface area contributed by atoms with Gasteiger partial charge in [-0.25, -0.2) is 24.9 Å². The molecule has 16 nitrogen and oxygen atoms in total. The summed E-state index contributed by atoms with van der Waals surface area (Å²) >= 11 is 0. The number of fused-ring (bicyclic) bond motifs is 3. The molecular formula is C34H38N14O2. The molecule has 6 heterocycles. The molecule has 0 fully saturated rings. The quantitative estimate of drug-likeness (QED) is 0.103. The van der Waals surface area contributed by atoms with Crippen molar-refractivity contribution in [1.29, 1.82) is 0 Å². The molecule has 10 N–H and O–H groups in total. The third kappa shape index (κ3) is 8.49. The molecule has 0 radical (unpaired) electrons. The molecule has 0 aliphatic heterocycles. The fraction of sp³-hybridized carbons (Fsp3) is 0.176. The number of nitrogens with one attached hydrogen (secondary N) is 6. The summed E-state index contributed by atoms with van der Waals surface area (Å²) in [5.41, 5.74) is 13.2. The summed E-state index contributed by atoms with van der Waals surface area (Å²) in [4.78, 5) is 55.5. The van der Waals surface area contributed by atoms with Gasteiger partial charge in [0, 0.05) is 49.9 Å². The molecule has 1 aromatic carbocycles. The second kappa shape index (κ2) is 17.0. The Morgan fingerprint density at radius 3 is 1.80 bits per heavy atom. The van der Waals surface area contributed by atoms with Crippen LogP contribution in [-0.4, -0.2) is 66.1 Å². The minimum atomic E-state index is -0.263. The van der Waals surface area contributed by atoms with Gasteiger partial charge in [0.05, 0.1) is 41.1 Å². The molecule has 256 valence electrons. The Balaban J connectivity index is 0.000000188. The number of para-hydroxylation sites is 1. The maximum absolute atomic E-state index is 12.3. The molecule has 16 heteroatoms. The van der Waals surface area contributed by atoms with Gasteiger partial charge in [-0.2, -0.15) is 0 Å². The Morgan fingerprint density at radius 1 is 0.640 bits per heavy atom. The number of hydrogen-bond donors (Lipinski definition) is 8. The molecule has 50 heavy (non-hydrogen) atoms. The minimum Gasteiger partial charge on any atom is -0.369 e. The fourth-order valence-corrected chi connectivity index (χ4v) is 4.78. The smallest absolute Gasteiger partial charge is 0.262 e. The number of H-pyrrole nitrogens is 2. The van der Waals surface area contributed by atoms with E-state index < -0.39 is 0 Å². The number of benzene rings is 1. The second-order valence-electron chi connectivity index (χ2n) is 10.3. The molecule has 0 saturated heterocycles. The van der Waals surface area contributed by atoms with Gasteiger partial charge in [-0.1, -0.05) is 38.1 Å². The lowest BCUT2D eigenvalue weighted by Crippen LogP contribution is -2.16. The van der Waals surface area contributed by atoms with E-state index in [1.807, 2.05) is 56.3 Å². The summed E-state index contributed by atoms with van der Waals surface area (Å²) < 4.78 is 0. The molecule has 0 saturated carbocycles. The van der Waals surface area contributed by atoms with E-state index in [9.17, 15) is 9.59 Å². The number of nitrogens with two attached hydrogens (primary N) is 2. The van der Waals surface area contributed by atoms with Crippen molar-refractivity contribution in [2.24, 2.45) is 11.5 Å². The standard InChI is InChI=1S/C18H17N7O.C14H15N7O.C2H6/c19-5-6-20-15-8-14-16(18(26)23-10-22-14)17(25-15)24-12-7-11-3-1-2-4-13(11)21-9-12;15-4-6-17-11-7-9-12(14(22)19-8-18-9)13(21-11)20-10-3-1-2-5-16-10;1-2/h1-4,7-10H,5-6,19H2,(H2,20,24,25)(H,22,23,26);1-3,5,7-8H,4,6,15H2,(H,18,19,22)(H2,16,17,20,21);1-2H3. The van der Waals surface area contributed by atoms with Crippen LogP contribution in [0, 0.1) is 0 Å². The van der Waals surface area contributed by atoms with Crippen LogP contribution in [-0.2, 0) is 0 Å². The van der Waals surface area contributed by atoms with Crippen LogP contribution in [0.25, 0.3) is 32.7 Å². The van der Waals surface area contributed by atoms with E-state index in [-0.39, 0.29) is 11.1 Å². The number of anilines is 6. The molecule has 0 spiro atoms. The van der Waals surface area contributed by atoms with Gasteiger partial charge in [0.25, 0.3) is 11.1 Å². The maximum Gasteiger partial charge on any atom is 0.262 e. The first kappa shape index (κ1) is 34.8. The normalized spacial score (nSPS) is 10.5. The number of aromatic nitrogens is 8. The number of hydrogen-bond acceptors (Lipinski definition) is 14. The molecule has 7 rings (SSSR count). The van der Waals surface area contributed by atoms with E-state index in [4.69, 9.17) is 11.5 Å². The maximum atomic E-state index is 12.3. The highest BCUT2D eigenvalue weighted by molar-refractivity contribution is 5.93. The van der Waals surface area contributed by atoms with Crippen molar-refractivity contribution in [3.8, 4) is 0 Å². The molecule has 0 aliphatic carbocycles. The lowest BCUT2D eigenvalue weighted by atomic mass is 10.2. The first-order chi connectivity index (χ1) is 24.5. The first-order valence-electron chi connectivity index (χ1n) is 16.0. The Bertz CT molecular complexity index is 2290. The third-order valence-corrected chi connectivity index (χ3v) is 6.92. The molecule has 0 atom stereocenters. The highest BCUT2D eigenvalue weighted by Crippen LogP contribution is 2.25. The first-order valence-corrected chi connectivity index (χ1v) is 16.0. The van der Waals surface area contributed by atoms with Crippen molar-refractivity contribution in [2.45, 2.75) is 13.8 Å². The van der Waals surface area contributed by atoms with Crippen molar-refractivity contribution in [3.05, 3.63) is 106 Å². The van der Waals surface area contributed by atoms with Crippen LogP contribution >= 0.6 is 0 Å². The van der Waals surface area contributed by atoms with Gasteiger partial charge in [-0.05, 0) is 24.3 Å². The van der Waals surface area contributed by atoms with Gasteiger partial charge < -0.3 is 42.7 Å². The average Bonchev–Trinajstić information content (AvgIpc) is 3.14. The summed E-state index contributed by atoms with van der Waals surface area (Å²) in [6.07, 6.45) is 6.10. The van der Waals surface area contributed by atoms with Crippen LogP contribution < -0.4 is 43.9 Å². The van der Waals surface area contributed by atoms with Crippen LogP contribution in [0.1, 0.15) is 13.8 Å². The van der Waals surface area contributed by atoms with E-state index in [1.165, 1.54) is 12.7 Å². The van der Waals surface area contributed by atoms with Crippen LogP contribution in [0.3, 0.4) is 0 Å². The Hall–Kier alpha value is -6.52. The predicted molar refractivity (Wildman–Crippen MR) is 199 cm³/mol. The average molecular weight is 675 g/mol. The van der Waals surface area contributed by atoms with Gasteiger partial charge in [-0.3, -0.25) is 14.6 Å². The third-order valence-electron chi connectivity index (χ3n) is 6.92. The summed E-state index contributed by atoms with van der Waals surface area (Å²) in [5.74, 6) is 2.58. The van der Waals surface area contributed by atoms with Crippen molar-refractivity contribution in [2.75, 3.05) is 47.4 Å².